The first-order valence-corrected chi connectivity index (χ1v) is 14.5. The Morgan fingerprint density at radius 2 is 1.90 bits per heavy atom. The van der Waals surface area contributed by atoms with Crippen molar-refractivity contribution >= 4 is 63.2 Å². The molecule has 0 radical (unpaired) electrons. The maximum absolute atomic E-state index is 12.8. The van der Waals surface area contributed by atoms with Gasteiger partial charge in [-0.3, -0.25) is 4.79 Å². The molecule has 2 heterocycles. The molecule has 8 nitrogen and oxygen atoms in total. The number of carbonyl (C=O) groups is 2. The maximum Gasteiger partial charge on any atom is 0.341 e. The van der Waals surface area contributed by atoms with Crippen molar-refractivity contribution in [3.05, 3.63) is 74.8 Å². The van der Waals surface area contributed by atoms with Gasteiger partial charge in [0.25, 0.3) is 0 Å². The molecule has 4 aromatic rings. The highest BCUT2D eigenvalue weighted by atomic mass is 35.5. The van der Waals surface area contributed by atoms with E-state index in [2.05, 4.69) is 15.5 Å². The fourth-order valence-corrected chi connectivity index (χ4v) is 5.85. The van der Waals surface area contributed by atoms with Gasteiger partial charge in [0.05, 0.1) is 24.5 Å². The Labute approximate surface area is 244 Å². The van der Waals surface area contributed by atoms with Crippen molar-refractivity contribution in [3.8, 4) is 16.9 Å². The van der Waals surface area contributed by atoms with Gasteiger partial charge in [-0.1, -0.05) is 64.8 Å². The Bertz CT molecular complexity index is 1470. The minimum Gasteiger partial charge on any atom is -0.492 e. The monoisotopic (exact) mass is 604 g/mol. The molecule has 0 aliphatic carbocycles. The number of halogens is 2. The van der Waals surface area contributed by atoms with Crippen LogP contribution in [-0.4, -0.2) is 46.1 Å². The summed E-state index contributed by atoms with van der Waals surface area (Å²) < 4.78 is 12.6. The number of carbonyl (C=O) groups excluding carboxylic acids is 2. The van der Waals surface area contributed by atoms with Crippen LogP contribution < -0.4 is 10.1 Å². The molecule has 0 fully saturated rings. The number of methoxy groups -OCH3 is 1. The zero-order chi connectivity index (χ0) is 27.9. The van der Waals surface area contributed by atoms with Gasteiger partial charge in [0.1, 0.15) is 22.1 Å². The van der Waals surface area contributed by atoms with Crippen LogP contribution in [0.25, 0.3) is 11.1 Å². The molecule has 4 rings (SSSR count). The molecule has 12 heteroatoms. The van der Waals surface area contributed by atoms with Crippen LogP contribution in [-0.2, 0) is 23.0 Å². The summed E-state index contributed by atoms with van der Waals surface area (Å²) in [6.07, 6.45) is 1.34. The van der Waals surface area contributed by atoms with Crippen LogP contribution in [0.15, 0.2) is 53.0 Å². The van der Waals surface area contributed by atoms with Crippen molar-refractivity contribution in [1.82, 2.24) is 14.8 Å². The average molecular weight is 606 g/mol. The molecule has 0 saturated heterocycles. The lowest BCUT2D eigenvalue weighted by Crippen LogP contribution is -2.16. The van der Waals surface area contributed by atoms with E-state index in [0.29, 0.717) is 51.0 Å². The number of amides is 1. The van der Waals surface area contributed by atoms with Gasteiger partial charge in [-0.2, -0.15) is 0 Å². The summed E-state index contributed by atoms with van der Waals surface area (Å²) in [5.41, 5.74) is 3.05. The predicted molar refractivity (Wildman–Crippen MR) is 156 cm³/mol. The van der Waals surface area contributed by atoms with Crippen molar-refractivity contribution in [1.29, 1.82) is 0 Å². The van der Waals surface area contributed by atoms with Gasteiger partial charge in [0, 0.05) is 29.4 Å². The Morgan fingerprint density at radius 1 is 1.13 bits per heavy atom. The van der Waals surface area contributed by atoms with Crippen molar-refractivity contribution in [2.24, 2.45) is 7.05 Å². The second-order valence-corrected chi connectivity index (χ2v) is 11.2. The number of ether oxygens (including phenoxy) is 2. The Hall–Kier alpha value is -3.05. The zero-order valence-electron chi connectivity index (χ0n) is 21.5. The molecule has 0 aliphatic rings. The zero-order valence-corrected chi connectivity index (χ0v) is 24.6. The topological polar surface area (TPSA) is 95.3 Å². The van der Waals surface area contributed by atoms with Crippen LogP contribution in [0.1, 0.15) is 28.2 Å². The summed E-state index contributed by atoms with van der Waals surface area (Å²) in [5.74, 6) is 0.684. The van der Waals surface area contributed by atoms with Gasteiger partial charge in [-0.05, 0) is 37.1 Å². The number of nitrogens with zero attached hydrogens (tertiary/aromatic N) is 3. The SMILES string of the molecule is COC(=O)c1c(-c2ccc(C)cc2)csc1NC(=O)CSc1nnc(CCCOc2ccc(Cl)cc2Cl)n1C. The molecule has 0 unspecified atom stereocenters. The second-order valence-electron chi connectivity index (χ2n) is 8.53. The third kappa shape index (κ3) is 7.33. The lowest BCUT2D eigenvalue weighted by Gasteiger charge is -2.09. The van der Waals surface area contributed by atoms with Gasteiger partial charge in [-0.25, -0.2) is 4.79 Å². The highest BCUT2D eigenvalue weighted by molar-refractivity contribution is 7.99. The molecule has 1 N–H and O–H groups in total. The Balaban J connectivity index is 1.32. The molecule has 0 atom stereocenters. The van der Waals surface area contributed by atoms with E-state index in [0.717, 1.165) is 22.5 Å². The molecule has 204 valence electrons. The molecule has 2 aromatic carbocycles. The minimum atomic E-state index is -0.505. The molecule has 39 heavy (non-hydrogen) atoms. The van der Waals surface area contributed by atoms with Crippen LogP contribution >= 0.6 is 46.3 Å². The fraction of sp³-hybridized carbons (Fsp3) is 0.259. The summed E-state index contributed by atoms with van der Waals surface area (Å²) in [7, 11) is 3.18. The van der Waals surface area contributed by atoms with E-state index in [1.807, 2.05) is 48.2 Å². The summed E-state index contributed by atoms with van der Waals surface area (Å²) in [4.78, 5) is 25.4. The Morgan fingerprint density at radius 3 is 2.62 bits per heavy atom. The smallest absolute Gasteiger partial charge is 0.341 e. The molecule has 0 aliphatic heterocycles. The van der Waals surface area contributed by atoms with Gasteiger partial charge in [-0.15, -0.1) is 21.5 Å². The molecule has 0 bridgehead atoms. The number of rotatable bonds is 11. The number of hydrogen-bond acceptors (Lipinski definition) is 8. The van der Waals surface area contributed by atoms with Crippen molar-refractivity contribution in [3.63, 3.8) is 0 Å². The van der Waals surface area contributed by atoms with Crippen LogP contribution in [0.2, 0.25) is 10.0 Å². The van der Waals surface area contributed by atoms with E-state index in [1.165, 1.54) is 30.2 Å². The molecule has 0 spiro atoms. The van der Waals surface area contributed by atoms with E-state index in [-0.39, 0.29) is 11.7 Å². The van der Waals surface area contributed by atoms with Crippen molar-refractivity contribution in [2.45, 2.75) is 24.9 Å². The van der Waals surface area contributed by atoms with E-state index >= 15 is 0 Å². The third-order valence-corrected chi connectivity index (χ3v) is 8.20. The van der Waals surface area contributed by atoms with Gasteiger partial charge >= 0.3 is 5.97 Å². The fourth-order valence-electron chi connectivity index (χ4n) is 3.69. The second kappa shape index (κ2) is 13.3. The van der Waals surface area contributed by atoms with E-state index in [1.54, 1.807) is 18.2 Å². The van der Waals surface area contributed by atoms with E-state index in [9.17, 15) is 9.59 Å². The number of thioether (sulfide) groups is 1. The maximum atomic E-state index is 12.8. The quantitative estimate of drug-likeness (QED) is 0.116. The number of aryl methyl sites for hydroxylation is 2. The van der Waals surface area contributed by atoms with Crippen LogP contribution in [0, 0.1) is 6.92 Å². The molecular formula is C27H26Cl2N4O4S2. The van der Waals surface area contributed by atoms with Gasteiger partial charge in [0.15, 0.2) is 5.16 Å². The number of anilines is 1. The summed E-state index contributed by atoms with van der Waals surface area (Å²) in [5, 5.41) is 15.2. The normalized spacial score (nSPS) is 10.9. The molecule has 2 aromatic heterocycles. The summed E-state index contributed by atoms with van der Waals surface area (Å²) in [6.45, 7) is 2.45. The number of benzene rings is 2. The highest BCUT2D eigenvalue weighted by Gasteiger charge is 2.22. The summed E-state index contributed by atoms with van der Waals surface area (Å²) >= 11 is 14.6. The third-order valence-electron chi connectivity index (χ3n) is 5.75. The lowest BCUT2D eigenvalue weighted by atomic mass is 10.0. The molecule has 0 saturated carbocycles. The first-order valence-electron chi connectivity index (χ1n) is 11.9. The standard InChI is InChI=1S/C27H26Cl2N4O4S2/c1-16-6-8-17(9-7-16)19-14-38-25(24(19)26(35)36-3)30-23(34)15-39-27-32-31-22(33(27)2)5-4-12-37-21-11-10-18(28)13-20(21)29/h6-11,13-14H,4-5,12,15H2,1-3H3,(H,30,34). The van der Waals surface area contributed by atoms with Crippen LogP contribution in [0.4, 0.5) is 5.00 Å². The first-order chi connectivity index (χ1) is 18.8. The summed E-state index contributed by atoms with van der Waals surface area (Å²) in [6, 6.07) is 12.9. The van der Waals surface area contributed by atoms with Crippen molar-refractivity contribution < 1.29 is 19.1 Å². The largest absolute Gasteiger partial charge is 0.492 e. The Kier molecular flexibility index (Phi) is 9.90. The lowest BCUT2D eigenvalue weighted by molar-refractivity contribution is -0.113. The number of aromatic nitrogens is 3. The van der Waals surface area contributed by atoms with Crippen LogP contribution in [0.3, 0.4) is 0 Å². The van der Waals surface area contributed by atoms with Gasteiger partial charge < -0.3 is 19.4 Å². The number of esters is 1. The first kappa shape index (κ1) is 28.9. The minimum absolute atomic E-state index is 0.0997. The van der Waals surface area contributed by atoms with E-state index < -0.39 is 5.97 Å². The van der Waals surface area contributed by atoms with Gasteiger partial charge in [0.2, 0.25) is 5.91 Å². The van der Waals surface area contributed by atoms with Crippen LogP contribution in [0.5, 0.6) is 5.75 Å². The number of hydrogen-bond donors (Lipinski definition) is 1. The van der Waals surface area contributed by atoms with E-state index in [4.69, 9.17) is 32.7 Å². The molecular weight excluding hydrogens is 579 g/mol. The number of thiophene rings is 1. The average Bonchev–Trinajstić information content (AvgIpc) is 3.49. The number of nitrogens with one attached hydrogen (secondary N) is 1. The predicted octanol–water partition coefficient (Wildman–Crippen LogP) is 6.69. The highest BCUT2D eigenvalue weighted by Crippen LogP contribution is 2.36. The van der Waals surface area contributed by atoms with Crippen molar-refractivity contribution in [2.75, 3.05) is 24.8 Å². The molecule has 1 amide bonds.